The van der Waals surface area contributed by atoms with Crippen LogP contribution in [0.1, 0.15) is 25.2 Å². The van der Waals surface area contributed by atoms with Crippen LogP contribution in [0.3, 0.4) is 0 Å². The maximum Gasteiger partial charge on any atom is 0.249 e. The van der Waals surface area contributed by atoms with Crippen molar-refractivity contribution in [2.24, 2.45) is 0 Å². The van der Waals surface area contributed by atoms with Crippen LogP contribution in [0.15, 0.2) is 29.0 Å². The minimum atomic E-state index is -0.362. The molecule has 1 aliphatic rings. The van der Waals surface area contributed by atoms with Crippen LogP contribution >= 0.6 is 0 Å². The maximum atomic E-state index is 11.9. The second-order valence-electron chi connectivity index (χ2n) is 4.83. The van der Waals surface area contributed by atoms with Gasteiger partial charge in [-0.25, -0.2) is 0 Å². The summed E-state index contributed by atoms with van der Waals surface area (Å²) in [6, 6.07) is 3.64. The lowest BCUT2D eigenvalue weighted by Gasteiger charge is -2.21. The van der Waals surface area contributed by atoms with E-state index in [-0.39, 0.29) is 18.6 Å². The fourth-order valence-electron chi connectivity index (χ4n) is 2.16. The Balaban J connectivity index is 1.56. The van der Waals surface area contributed by atoms with Gasteiger partial charge in [-0.2, -0.15) is 4.98 Å². The fraction of sp³-hybridized carbons (Fsp3) is 0.429. The van der Waals surface area contributed by atoms with E-state index in [2.05, 4.69) is 20.4 Å². The van der Waals surface area contributed by atoms with E-state index in [1.54, 1.807) is 18.5 Å². The summed E-state index contributed by atoms with van der Waals surface area (Å²) in [4.78, 5) is 20.1. The van der Waals surface area contributed by atoms with E-state index in [0.717, 1.165) is 24.8 Å². The maximum absolute atomic E-state index is 11.9. The molecule has 0 aliphatic carbocycles. The Labute approximate surface area is 121 Å². The number of amides is 1. The largest absolute Gasteiger partial charge is 0.368 e. The monoisotopic (exact) mass is 288 g/mol. The number of carbonyl (C=O) groups excluding carboxylic acids is 1. The zero-order valence-electron chi connectivity index (χ0n) is 11.5. The van der Waals surface area contributed by atoms with Crippen molar-refractivity contribution < 1.29 is 14.1 Å². The average Bonchev–Trinajstić information content (AvgIpc) is 3.03. The highest BCUT2D eigenvalue weighted by Crippen LogP contribution is 2.14. The molecule has 1 saturated heterocycles. The van der Waals surface area contributed by atoms with E-state index in [0.29, 0.717) is 18.3 Å². The molecule has 21 heavy (non-hydrogen) atoms. The van der Waals surface area contributed by atoms with Gasteiger partial charge in [0, 0.05) is 24.6 Å². The van der Waals surface area contributed by atoms with Crippen molar-refractivity contribution in [3.8, 4) is 11.4 Å². The van der Waals surface area contributed by atoms with Crippen molar-refractivity contribution in [1.29, 1.82) is 0 Å². The Hall–Kier alpha value is -2.28. The van der Waals surface area contributed by atoms with Crippen LogP contribution < -0.4 is 5.32 Å². The fourth-order valence-corrected chi connectivity index (χ4v) is 2.16. The van der Waals surface area contributed by atoms with Crippen LogP contribution in [-0.2, 0) is 16.1 Å². The summed E-state index contributed by atoms with van der Waals surface area (Å²) in [5.74, 6) is 0.690. The average molecular weight is 288 g/mol. The van der Waals surface area contributed by atoms with Gasteiger partial charge in [0.25, 0.3) is 0 Å². The van der Waals surface area contributed by atoms with Gasteiger partial charge in [-0.3, -0.25) is 9.78 Å². The third-order valence-corrected chi connectivity index (χ3v) is 3.27. The predicted molar refractivity (Wildman–Crippen MR) is 73.0 cm³/mol. The number of ether oxygens (including phenoxy) is 1. The molecule has 1 unspecified atom stereocenters. The normalized spacial score (nSPS) is 18.4. The van der Waals surface area contributed by atoms with Gasteiger partial charge < -0.3 is 14.6 Å². The molecule has 110 valence electrons. The van der Waals surface area contributed by atoms with E-state index < -0.39 is 0 Å². The Kier molecular flexibility index (Phi) is 4.20. The van der Waals surface area contributed by atoms with Crippen molar-refractivity contribution >= 4 is 5.91 Å². The van der Waals surface area contributed by atoms with Gasteiger partial charge in [-0.1, -0.05) is 5.16 Å². The van der Waals surface area contributed by atoms with Crippen LogP contribution in [0.25, 0.3) is 11.4 Å². The second kappa shape index (κ2) is 6.45. The smallest absolute Gasteiger partial charge is 0.249 e. The van der Waals surface area contributed by atoms with Crippen LogP contribution in [0, 0.1) is 0 Å². The highest BCUT2D eigenvalue weighted by molar-refractivity contribution is 5.80. The number of carbonyl (C=O) groups is 1. The molecule has 0 radical (unpaired) electrons. The van der Waals surface area contributed by atoms with E-state index in [1.165, 1.54) is 0 Å². The number of nitrogens with zero attached hydrogens (tertiary/aromatic N) is 3. The molecule has 0 saturated carbocycles. The van der Waals surface area contributed by atoms with Crippen molar-refractivity contribution in [1.82, 2.24) is 20.4 Å². The summed E-state index contributed by atoms with van der Waals surface area (Å²) in [7, 11) is 0. The molecule has 2 aromatic rings. The summed E-state index contributed by atoms with van der Waals surface area (Å²) < 4.78 is 10.5. The molecule has 1 atom stereocenters. The number of nitrogens with one attached hydrogen (secondary N) is 1. The summed E-state index contributed by atoms with van der Waals surface area (Å²) in [6.07, 6.45) is 5.76. The Morgan fingerprint density at radius 3 is 3.14 bits per heavy atom. The van der Waals surface area contributed by atoms with Gasteiger partial charge in [-0.05, 0) is 31.4 Å². The van der Waals surface area contributed by atoms with Crippen molar-refractivity contribution in [2.75, 3.05) is 6.61 Å². The van der Waals surface area contributed by atoms with Crippen molar-refractivity contribution in [2.45, 2.75) is 31.9 Å². The molecule has 1 aliphatic heterocycles. The molecule has 3 rings (SSSR count). The molecule has 0 spiro atoms. The van der Waals surface area contributed by atoms with Gasteiger partial charge in [0.2, 0.25) is 17.6 Å². The number of rotatable bonds is 4. The van der Waals surface area contributed by atoms with Crippen LogP contribution in [-0.4, -0.2) is 33.7 Å². The summed E-state index contributed by atoms with van der Waals surface area (Å²) >= 11 is 0. The lowest BCUT2D eigenvalue weighted by molar-refractivity contribution is -0.135. The first-order valence-corrected chi connectivity index (χ1v) is 6.95. The van der Waals surface area contributed by atoms with E-state index >= 15 is 0 Å². The molecule has 1 N–H and O–H groups in total. The molecule has 2 aromatic heterocycles. The summed E-state index contributed by atoms with van der Waals surface area (Å²) in [6.45, 7) is 0.843. The van der Waals surface area contributed by atoms with Gasteiger partial charge in [0.1, 0.15) is 6.10 Å². The lowest BCUT2D eigenvalue weighted by atomic mass is 10.1. The molecule has 3 heterocycles. The Morgan fingerprint density at radius 2 is 2.38 bits per heavy atom. The van der Waals surface area contributed by atoms with Crippen molar-refractivity contribution in [3.05, 3.63) is 30.4 Å². The van der Waals surface area contributed by atoms with Crippen molar-refractivity contribution in [3.63, 3.8) is 0 Å². The molecular formula is C14H16N4O3. The molecule has 0 bridgehead atoms. The zero-order chi connectivity index (χ0) is 14.5. The molecule has 1 amide bonds. The van der Waals surface area contributed by atoms with E-state index in [4.69, 9.17) is 9.26 Å². The van der Waals surface area contributed by atoms with Crippen LogP contribution in [0.5, 0.6) is 0 Å². The molecule has 0 aromatic carbocycles. The SMILES string of the molecule is O=C(NCc1nc(-c2cccnc2)no1)C1CCCCO1. The first kappa shape index (κ1) is 13.7. The van der Waals surface area contributed by atoms with Gasteiger partial charge >= 0.3 is 0 Å². The highest BCUT2D eigenvalue weighted by atomic mass is 16.5. The molecular weight excluding hydrogens is 272 g/mol. The number of hydrogen-bond donors (Lipinski definition) is 1. The minimum Gasteiger partial charge on any atom is -0.368 e. The third kappa shape index (κ3) is 3.43. The first-order chi connectivity index (χ1) is 10.3. The third-order valence-electron chi connectivity index (χ3n) is 3.27. The topological polar surface area (TPSA) is 90.1 Å². The second-order valence-corrected chi connectivity index (χ2v) is 4.83. The summed E-state index contributed by atoms with van der Waals surface area (Å²) in [5.41, 5.74) is 0.773. The van der Waals surface area contributed by atoms with E-state index in [9.17, 15) is 4.79 Å². The number of hydrogen-bond acceptors (Lipinski definition) is 6. The zero-order valence-corrected chi connectivity index (χ0v) is 11.5. The lowest BCUT2D eigenvalue weighted by Crippen LogP contribution is -2.38. The van der Waals surface area contributed by atoms with E-state index in [1.807, 2.05) is 6.07 Å². The van der Waals surface area contributed by atoms with Gasteiger partial charge in [-0.15, -0.1) is 0 Å². The van der Waals surface area contributed by atoms with Crippen LogP contribution in [0.4, 0.5) is 0 Å². The predicted octanol–water partition coefficient (Wildman–Crippen LogP) is 1.32. The standard InChI is InChI=1S/C14H16N4O3/c19-14(11-5-1-2-7-20-11)16-9-12-17-13(18-21-12)10-4-3-6-15-8-10/h3-4,6,8,11H,1-2,5,7,9H2,(H,16,19). The Morgan fingerprint density at radius 1 is 1.43 bits per heavy atom. The van der Waals surface area contributed by atoms with Gasteiger partial charge in [0.15, 0.2) is 0 Å². The highest BCUT2D eigenvalue weighted by Gasteiger charge is 2.22. The summed E-state index contributed by atoms with van der Waals surface area (Å²) in [5, 5.41) is 6.63. The molecule has 7 nitrogen and oxygen atoms in total. The minimum absolute atomic E-state index is 0.129. The van der Waals surface area contributed by atoms with Gasteiger partial charge in [0.05, 0.1) is 6.54 Å². The number of pyridine rings is 1. The first-order valence-electron chi connectivity index (χ1n) is 6.95. The number of aromatic nitrogens is 3. The Bertz CT molecular complexity index is 593. The quantitative estimate of drug-likeness (QED) is 0.912. The molecule has 7 heteroatoms. The molecule has 1 fully saturated rings. The van der Waals surface area contributed by atoms with Crippen LogP contribution in [0.2, 0.25) is 0 Å².